The van der Waals surface area contributed by atoms with Crippen molar-refractivity contribution in [2.75, 3.05) is 0 Å². The predicted octanol–water partition coefficient (Wildman–Crippen LogP) is 13.8. The molecule has 0 aliphatic rings. The summed E-state index contributed by atoms with van der Waals surface area (Å²) in [7, 11) is 0. The van der Waals surface area contributed by atoms with Gasteiger partial charge in [0.25, 0.3) is 0 Å². The fraction of sp³-hybridized carbons (Fsp3) is 0.0213. The van der Waals surface area contributed by atoms with E-state index in [4.69, 9.17) is 13.3 Å². The Balaban J connectivity index is 1.23. The standard InChI is InChI=1S/C47H28O3/c1-27-26-29-14-9-21-37(44(29)48-27)41-31-15-5-7-17-33(31)42(34-18-8-6-16-32(34)41)38-22-10-20-35-36-24-25-39-43-30(28-12-3-2-4-13-28)19-11-23-40(43)49-47(39)46(36)50-45(35)38/h2-26H,1H3. The van der Waals surface area contributed by atoms with Crippen LogP contribution in [0.15, 0.2) is 165 Å². The second-order valence-corrected chi connectivity index (χ2v) is 13.2. The van der Waals surface area contributed by atoms with Gasteiger partial charge in [-0.15, -0.1) is 0 Å². The minimum Gasteiger partial charge on any atom is -0.461 e. The van der Waals surface area contributed by atoms with Crippen molar-refractivity contribution >= 4 is 76.4 Å². The van der Waals surface area contributed by atoms with Crippen molar-refractivity contribution < 1.29 is 13.3 Å². The molecule has 11 aromatic rings. The number of rotatable bonds is 3. The lowest BCUT2D eigenvalue weighted by atomic mass is 9.85. The fourth-order valence-electron chi connectivity index (χ4n) is 8.29. The van der Waals surface area contributed by atoms with Crippen LogP contribution in [0.4, 0.5) is 0 Å². The number of aryl methyl sites for hydroxylation is 1. The summed E-state index contributed by atoms with van der Waals surface area (Å²) < 4.78 is 20.0. The SMILES string of the molecule is Cc1cc2cccc(-c3c4ccccc4c(-c4cccc5c4oc4c5ccc5c4oc4cccc(-c6ccccc6)c45)c4ccccc34)c2o1. The fourth-order valence-corrected chi connectivity index (χ4v) is 8.29. The lowest BCUT2D eigenvalue weighted by Crippen LogP contribution is -1.91. The lowest BCUT2D eigenvalue weighted by Gasteiger charge is -2.18. The minimum absolute atomic E-state index is 0.769. The van der Waals surface area contributed by atoms with Crippen molar-refractivity contribution in [1.29, 1.82) is 0 Å². The zero-order valence-corrected chi connectivity index (χ0v) is 27.2. The Morgan fingerprint density at radius 2 is 0.900 bits per heavy atom. The second kappa shape index (κ2) is 10.2. The molecule has 234 valence electrons. The minimum atomic E-state index is 0.769. The van der Waals surface area contributed by atoms with Crippen LogP contribution in [-0.4, -0.2) is 0 Å². The van der Waals surface area contributed by atoms with Crippen LogP contribution >= 0.6 is 0 Å². The first kappa shape index (κ1) is 27.4. The average molecular weight is 641 g/mol. The Bertz CT molecular complexity index is 3100. The maximum atomic E-state index is 6.99. The van der Waals surface area contributed by atoms with Gasteiger partial charge in [0.2, 0.25) is 0 Å². The van der Waals surface area contributed by atoms with E-state index in [-0.39, 0.29) is 0 Å². The van der Waals surface area contributed by atoms with Crippen molar-refractivity contribution in [2.45, 2.75) is 6.92 Å². The van der Waals surface area contributed by atoms with E-state index in [0.717, 1.165) is 99.2 Å². The largest absolute Gasteiger partial charge is 0.461 e. The maximum Gasteiger partial charge on any atom is 0.178 e. The third kappa shape index (κ3) is 3.75. The predicted molar refractivity (Wildman–Crippen MR) is 207 cm³/mol. The van der Waals surface area contributed by atoms with E-state index in [0.29, 0.717) is 0 Å². The van der Waals surface area contributed by atoms with Crippen LogP contribution in [0.1, 0.15) is 5.76 Å². The monoisotopic (exact) mass is 640 g/mol. The van der Waals surface area contributed by atoms with Gasteiger partial charge in [-0.2, -0.15) is 0 Å². The van der Waals surface area contributed by atoms with Crippen LogP contribution in [-0.2, 0) is 0 Å². The number of fused-ring (bicyclic) bond motifs is 10. The smallest absolute Gasteiger partial charge is 0.178 e. The normalized spacial score (nSPS) is 12.1. The first-order valence-corrected chi connectivity index (χ1v) is 17.0. The second-order valence-electron chi connectivity index (χ2n) is 13.2. The Kier molecular flexibility index (Phi) is 5.59. The Hall–Kier alpha value is -6.58. The van der Waals surface area contributed by atoms with Gasteiger partial charge in [-0.25, -0.2) is 0 Å². The van der Waals surface area contributed by atoms with Crippen LogP contribution in [0, 0.1) is 6.92 Å². The summed E-state index contributed by atoms with van der Waals surface area (Å²) in [6.45, 7) is 2.01. The molecule has 3 nitrogen and oxygen atoms in total. The summed E-state index contributed by atoms with van der Waals surface area (Å²) in [5, 5.41) is 10.0. The highest BCUT2D eigenvalue weighted by atomic mass is 16.4. The summed E-state index contributed by atoms with van der Waals surface area (Å²) in [6.07, 6.45) is 0. The van der Waals surface area contributed by atoms with Gasteiger partial charge in [-0.3, -0.25) is 0 Å². The molecule has 0 bridgehead atoms. The molecule has 0 fully saturated rings. The van der Waals surface area contributed by atoms with Gasteiger partial charge < -0.3 is 13.3 Å². The molecule has 11 rings (SSSR count). The van der Waals surface area contributed by atoms with Gasteiger partial charge >= 0.3 is 0 Å². The number of para-hydroxylation sites is 2. The molecule has 3 heteroatoms. The zero-order valence-electron chi connectivity index (χ0n) is 27.2. The number of hydrogen-bond donors (Lipinski definition) is 0. The summed E-state index contributed by atoms with van der Waals surface area (Å²) in [6, 6.07) is 53.6. The summed E-state index contributed by atoms with van der Waals surface area (Å²) >= 11 is 0. The van der Waals surface area contributed by atoms with Crippen LogP contribution in [0.3, 0.4) is 0 Å². The van der Waals surface area contributed by atoms with Crippen molar-refractivity contribution in [1.82, 2.24) is 0 Å². The third-order valence-corrected chi connectivity index (χ3v) is 10.4. The van der Waals surface area contributed by atoms with Crippen LogP contribution in [0.5, 0.6) is 0 Å². The molecule has 8 aromatic carbocycles. The highest BCUT2D eigenvalue weighted by molar-refractivity contribution is 6.27. The van der Waals surface area contributed by atoms with Gasteiger partial charge in [-0.05, 0) is 63.9 Å². The molecule has 0 amide bonds. The summed E-state index contributed by atoms with van der Waals surface area (Å²) in [5.41, 5.74) is 10.9. The molecule has 0 aliphatic heterocycles. The van der Waals surface area contributed by atoms with Gasteiger partial charge in [0.05, 0.1) is 0 Å². The first-order chi connectivity index (χ1) is 24.7. The molecule has 3 heterocycles. The molecule has 0 spiro atoms. The topological polar surface area (TPSA) is 39.4 Å². The van der Waals surface area contributed by atoms with Crippen LogP contribution in [0.25, 0.3) is 110 Å². The Morgan fingerprint density at radius 3 is 1.62 bits per heavy atom. The average Bonchev–Trinajstić information content (AvgIpc) is 3.86. The molecule has 3 aromatic heterocycles. The van der Waals surface area contributed by atoms with E-state index in [2.05, 4.69) is 140 Å². The van der Waals surface area contributed by atoms with E-state index in [1.807, 2.05) is 19.1 Å². The van der Waals surface area contributed by atoms with Gasteiger partial charge in [0, 0.05) is 49.2 Å². The van der Waals surface area contributed by atoms with E-state index in [1.165, 1.54) is 16.3 Å². The molecule has 0 N–H and O–H groups in total. The zero-order chi connectivity index (χ0) is 32.9. The van der Waals surface area contributed by atoms with E-state index in [9.17, 15) is 0 Å². The number of furan rings is 3. The van der Waals surface area contributed by atoms with Gasteiger partial charge in [0.1, 0.15) is 22.5 Å². The van der Waals surface area contributed by atoms with Gasteiger partial charge in [0.15, 0.2) is 11.2 Å². The Labute approximate surface area is 286 Å². The molecular formula is C47H28O3. The highest BCUT2D eigenvalue weighted by Crippen LogP contribution is 2.49. The van der Waals surface area contributed by atoms with Crippen molar-refractivity contribution in [3.8, 4) is 33.4 Å². The van der Waals surface area contributed by atoms with Crippen molar-refractivity contribution in [3.63, 3.8) is 0 Å². The van der Waals surface area contributed by atoms with Crippen LogP contribution < -0.4 is 0 Å². The summed E-state index contributed by atoms with van der Waals surface area (Å²) in [5.74, 6) is 0.907. The lowest BCUT2D eigenvalue weighted by molar-refractivity contribution is 0.579. The number of benzene rings is 8. The molecule has 0 atom stereocenters. The first-order valence-electron chi connectivity index (χ1n) is 17.0. The van der Waals surface area contributed by atoms with Gasteiger partial charge in [-0.1, -0.05) is 127 Å². The maximum absolute atomic E-state index is 6.99. The summed E-state index contributed by atoms with van der Waals surface area (Å²) in [4.78, 5) is 0. The van der Waals surface area contributed by atoms with E-state index < -0.39 is 0 Å². The van der Waals surface area contributed by atoms with Crippen molar-refractivity contribution in [2.24, 2.45) is 0 Å². The third-order valence-electron chi connectivity index (χ3n) is 10.4. The molecule has 50 heavy (non-hydrogen) atoms. The number of hydrogen-bond acceptors (Lipinski definition) is 3. The van der Waals surface area contributed by atoms with Crippen molar-refractivity contribution in [3.05, 3.63) is 157 Å². The van der Waals surface area contributed by atoms with E-state index >= 15 is 0 Å². The molecule has 0 radical (unpaired) electrons. The molecule has 0 aliphatic carbocycles. The Morgan fingerprint density at radius 1 is 0.360 bits per heavy atom. The highest BCUT2D eigenvalue weighted by Gasteiger charge is 2.23. The molecule has 0 saturated heterocycles. The quantitative estimate of drug-likeness (QED) is 0.180. The molecule has 0 unspecified atom stereocenters. The van der Waals surface area contributed by atoms with E-state index in [1.54, 1.807) is 0 Å². The van der Waals surface area contributed by atoms with Crippen LogP contribution in [0.2, 0.25) is 0 Å². The molecule has 0 saturated carbocycles. The molecular weight excluding hydrogens is 613 g/mol.